The molecule has 0 unspecified atom stereocenters. The van der Waals surface area contributed by atoms with E-state index < -0.39 is 0 Å². The van der Waals surface area contributed by atoms with Gasteiger partial charge in [0.2, 0.25) is 5.89 Å². The number of benzene rings is 1. The molecule has 2 N–H and O–H groups in total. The molecule has 4 nitrogen and oxygen atoms in total. The Morgan fingerprint density at radius 3 is 2.94 bits per heavy atom. The Morgan fingerprint density at radius 1 is 1.38 bits per heavy atom. The SMILES string of the molecule is NCCOCc1nc2cc(Cl)cc(Cl)c2o1. The maximum Gasteiger partial charge on any atom is 0.221 e. The largest absolute Gasteiger partial charge is 0.437 e. The maximum atomic E-state index is 5.96. The van der Waals surface area contributed by atoms with Gasteiger partial charge >= 0.3 is 0 Å². The van der Waals surface area contributed by atoms with Gasteiger partial charge < -0.3 is 14.9 Å². The second kappa shape index (κ2) is 5.01. The molecule has 2 aromatic rings. The summed E-state index contributed by atoms with van der Waals surface area (Å²) >= 11 is 11.8. The van der Waals surface area contributed by atoms with Gasteiger partial charge in [-0.15, -0.1) is 0 Å². The van der Waals surface area contributed by atoms with Crippen LogP contribution in [-0.2, 0) is 11.3 Å². The highest BCUT2D eigenvalue weighted by Crippen LogP contribution is 2.28. The number of fused-ring (bicyclic) bond motifs is 1. The van der Waals surface area contributed by atoms with Crippen LogP contribution in [0.2, 0.25) is 10.0 Å². The summed E-state index contributed by atoms with van der Waals surface area (Å²) in [6.07, 6.45) is 0. The fraction of sp³-hybridized carbons (Fsp3) is 0.300. The van der Waals surface area contributed by atoms with Crippen molar-refractivity contribution >= 4 is 34.3 Å². The molecule has 0 bridgehead atoms. The molecule has 0 aliphatic carbocycles. The molecule has 0 radical (unpaired) electrons. The highest BCUT2D eigenvalue weighted by atomic mass is 35.5. The molecule has 16 heavy (non-hydrogen) atoms. The van der Waals surface area contributed by atoms with Crippen molar-refractivity contribution < 1.29 is 9.15 Å². The van der Waals surface area contributed by atoms with Crippen LogP contribution in [0.1, 0.15) is 5.89 Å². The Hall–Kier alpha value is -0.810. The lowest BCUT2D eigenvalue weighted by molar-refractivity contribution is 0.110. The summed E-state index contributed by atoms with van der Waals surface area (Å²) in [5.41, 5.74) is 6.45. The topological polar surface area (TPSA) is 61.3 Å². The zero-order chi connectivity index (χ0) is 11.5. The van der Waals surface area contributed by atoms with Gasteiger partial charge in [-0.2, -0.15) is 0 Å². The molecule has 2 rings (SSSR count). The van der Waals surface area contributed by atoms with Crippen LogP contribution in [-0.4, -0.2) is 18.1 Å². The number of aromatic nitrogens is 1. The monoisotopic (exact) mass is 260 g/mol. The lowest BCUT2D eigenvalue weighted by atomic mass is 10.3. The van der Waals surface area contributed by atoms with Gasteiger partial charge in [-0.1, -0.05) is 23.2 Å². The molecule has 6 heteroatoms. The van der Waals surface area contributed by atoms with E-state index in [-0.39, 0.29) is 6.61 Å². The summed E-state index contributed by atoms with van der Waals surface area (Å²) in [5, 5.41) is 0.973. The van der Waals surface area contributed by atoms with E-state index in [4.69, 9.17) is 38.1 Å². The molecule has 0 aliphatic rings. The van der Waals surface area contributed by atoms with E-state index in [1.54, 1.807) is 12.1 Å². The van der Waals surface area contributed by atoms with Crippen molar-refractivity contribution in [1.29, 1.82) is 0 Å². The van der Waals surface area contributed by atoms with E-state index in [0.717, 1.165) is 0 Å². The minimum Gasteiger partial charge on any atom is -0.437 e. The zero-order valence-corrected chi connectivity index (χ0v) is 9.88. The van der Waals surface area contributed by atoms with Crippen molar-refractivity contribution in [3.63, 3.8) is 0 Å². The normalized spacial score (nSPS) is 11.2. The molecule has 86 valence electrons. The number of hydrogen-bond acceptors (Lipinski definition) is 4. The first-order valence-electron chi connectivity index (χ1n) is 4.73. The van der Waals surface area contributed by atoms with E-state index in [0.29, 0.717) is 40.2 Å². The van der Waals surface area contributed by atoms with Gasteiger partial charge in [0.15, 0.2) is 5.58 Å². The van der Waals surface area contributed by atoms with Gasteiger partial charge in [0.25, 0.3) is 0 Å². The molecule has 0 saturated carbocycles. The van der Waals surface area contributed by atoms with Crippen molar-refractivity contribution in [3.05, 3.63) is 28.1 Å². The Labute approximate surface area is 102 Å². The smallest absolute Gasteiger partial charge is 0.221 e. The van der Waals surface area contributed by atoms with E-state index >= 15 is 0 Å². The van der Waals surface area contributed by atoms with Crippen LogP contribution in [0.15, 0.2) is 16.5 Å². The number of nitrogens with zero attached hydrogens (tertiary/aromatic N) is 1. The first-order chi connectivity index (χ1) is 7.70. The predicted octanol–water partition coefficient (Wildman–Crippen LogP) is 2.61. The molecule has 0 aliphatic heterocycles. The van der Waals surface area contributed by atoms with Crippen LogP contribution in [0.5, 0.6) is 0 Å². The lowest BCUT2D eigenvalue weighted by Crippen LogP contribution is -2.08. The summed E-state index contributed by atoms with van der Waals surface area (Å²) in [7, 11) is 0. The minimum atomic E-state index is 0.278. The van der Waals surface area contributed by atoms with Gasteiger partial charge in [0, 0.05) is 11.6 Å². The minimum absolute atomic E-state index is 0.278. The fourth-order valence-electron chi connectivity index (χ4n) is 1.31. The fourth-order valence-corrected chi connectivity index (χ4v) is 1.83. The highest BCUT2D eigenvalue weighted by molar-refractivity contribution is 6.37. The van der Waals surface area contributed by atoms with Gasteiger partial charge in [0.05, 0.1) is 11.6 Å². The summed E-state index contributed by atoms with van der Waals surface area (Å²) in [6.45, 7) is 1.21. The van der Waals surface area contributed by atoms with Crippen LogP contribution >= 0.6 is 23.2 Å². The Bertz CT molecular complexity index is 499. The summed E-state index contributed by atoms with van der Waals surface area (Å²) in [5.74, 6) is 0.465. The van der Waals surface area contributed by atoms with Crippen LogP contribution in [0, 0.1) is 0 Å². The molecule has 0 saturated heterocycles. The van der Waals surface area contributed by atoms with Crippen LogP contribution in [0.3, 0.4) is 0 Å². The van der Waals surface area contributed by atoms with Crippen molar-refractivity contribution in [2.75, 3.05) is 13.2 Å². The van der Waals surface area contributed by atoms with Crippen LogP contribution < -0.4 is 5.73 Å². The Balaban J connectivity index is 2.26. The molecular formula is C10H10Cl2N2O2. The van der Waals surface area contributed by atoms with Crippen molar-refractivity contribution in [2.24, 2.45) is 5.73 Å². The summed E-state index contributed by atoms with van der Waals surface area (Å²) in [6, 6.07) is 3.31. The molecule has 1 aromatic heterocycles. The van der Waals surface area contributed by atoms with Crippen molar-refractivity contribution in [2.45, 2.75) is 6.61 Å². The number of nitrogens with two attached hydrogens (primary N) is 1. The van der Waals surface area contributed by atoms with Crippen LogP contribution in [0.25, 0.3) is 11.1 Å². The first kappa shape index (κ1) is 11.7. The van der Waals surface area contributed by atoms with Gasteiger partial charge in [-0.3, -0.25) is 0 Å². The number of hydrogen-bond donors (Lipinski definition) is 1. The molecule has 1 aromatic carbocycles. The van der Waals surface area contributed by atoms with Gasteiger partial charge in [-0.25, -0.2) is 4.98 Å². The number of oxazole rings is 1. The third-order valence-electron chi connectivity index (χ3n) is 1.94. The second-order valence-corrected chi connectivity index (χ2v) is 4.03. The van der Waals surface area contributed by atoms with E-state index in [2.05, 4.69) is 4.98 Å². The third kappa shape index (κ3) is 2.47. The molecule has 0 atom stereocenters. The quantitative estimate of drug-likeness (QED) is 0.859. The predicted molar refractivity (Wildman–Crippen MR) is 62.7 cm³/mol. The standard InChI is InChI=1S/C10H10Cl2N2O2/c11-6-3-7(12)10-8(4-6)14-9(16-10)5-15-2-1-13/h3-4H,1-2,5,13H2. The van der Waals surface area contributed by atoms with E-state index in [9.17, 15) is 0 Å². The summed E-state index contributed by atoms with van der Waals surface area (Å²) in [4.78, 5) is 4.20. The molecule has 0 fully saturated rings. The lowest BCUT2D eigenvalue weighted by Gasteiger charge is -1.96. The average Bonchev–Trinajstić information content (AvgIpc) is 2.61. The highest BCUT2D eigenvalue weighted by Gasteiger charge is 2.10. The number of ether oxygens (including phenoxy) is 1. The molecule has 1 heterocycles. The first-order valence-corrected chi connectivity index (χ1v) is 5.48. The molecule has 0 amide bonds. The number of halogens is 2. The Kier molecular flexibility index (Phi) is 3.66. The molecular weight excluding hydrogens is 251 g/mol. The third-order valence-corrected chi connectivity index (χ3v) is 2.44. The van der Waals surface area contributed by atoms with Crippen molar-refractivity contribution in [1.82, 2.24) is 4.98 Å². The van der Waals surface area contributed by atoms with Crippen LogP contribution in [0.4, 0.5) is 0 Å². The zero-order valence-electron chi connectivity index (χ0n) is 8.37. The maximum absolute atomic E-state index is 5.96. The Morgan fingerprint density at radius 2 is 2.19 bits per heavy atom. The van der Waals surface area contributed by atoms with E-state index in [1.165, 1.54) is 0 Å². The second-order valence-electron chi connectivity index (χ2n) is 3.18. The molecule has 0 spiro atoms. The average molecular weight is 261 g/mol. The van der Waals surface area contributed by atoms with Gasteiger partial charge in [-0.05, 0) is 12.1 Å². The van der Waals surface area contributed by atoms with E-state index in [1.807, 2.05) is 0 Å². The number of rotatable bonds is 4. The van der Waals surface area contributed by atoms with Gasteiger partial charge in [0.1, 0.15) is 12.1 Å². The van der Waals surface area contributed by atoms with Crippen molar-refractivity contribution in [3.8, 4) is 0 Å². The summed E-state index contributed by atoms with van der Waals surface area (Å²) < 4.78 is 10.6.